The summed E-state index contributed by atoms with van der Waals surface area (Å²) in [6.07, 6.45) is 2.04. The highest BCUT2D eigenvalue weighted by molar-refractivity contribution is 7.91. The minimum atomic E-state index is -4.04. The van der Waals surface area contributed by atoms with E-state index in [1.807, 2.05) is 6.92 Å². The summed E-state index contributed by atoms with van der Waals surface area (Å²) < 4.78 is 27.0. The third-order valence-electron chi connectivity index (χ3n) is 3.76. The number of rotatable bonds is 4. The van der Waals surface area contributed by atoms with Crippen LogP contribution in [0, 0.1) is 12.8 Å². The quantitative estimate of drug-likeness (QED) is 0.761. The fourth-order valence-corrected chi connectivity index (χ4v) is 5.53. The van der Waals surface area contributed by atoms with Crippen molar-refractivity contribution in [2.45, 2.75) is 49.3 Å². The Morgan fingerprint density at radius 3 is 2.67 bits per heavy atom. The number of nitrogens with one attached hydrogen (secondary N) is 2. The van der Waals surface area contributed by atoms with Crippen LogP contribution in [0.2, 0.25) is 0 Å². The van der Waals surface area contributed by atoms with E-state index in [2.05, 4.69) is 9.71 Å². The maximum Gasteiger partial charge on any atom is 0.324 e. The van der Waals surface area contributed by atoms with Crippen molar-refractivity contribution in [1.82, 2.24) is 9.71 Å². The largest absolute Gasteiger partial charge is 0.480 e. The van der Waals surface area contributed by atoms with Gasteiger partial charge in [-0.2, -0.15) is 4.72 Å². The topological polar surface area (TPSA) is 116 Å². The van der Waals surface area contributed by atoms with E-state index >= 15 is 0 Å². The molecule has 1 heterocycles. The highest BCUT2D eigenvalue weighted by Gasteiger charge is 2.45. The molecular formula is C12H18N2O5S2. The number of carboxylic acids is 1. The monoisotopic (exact) mass is 334 g/mol. The zero-order chi connectivity index (χ0) is 15.8. The second kappa shape index (κ2) is 5.54. The number of aryl methyl sites for hydroxylation is 1. The van der Waals surface area contributed by atoms with Gasteiger partial charge < -0.3 is 10.1 Å². The Morgan fingerprint density at radius 1 is 1.52 bits per heavy atom. The standard InChI is InChI=1S/C12H18N2O5S2/c1-7-4-3-5-12(6-7,10(15)16)14-21(18,19)9-8(2)13-11(17)20-9/h7,14H,3-6H2,1-2H3,(H,13,17)(H,15,16). The van der Waals surface area contributed by atoms with Gasteiger partial charge in [-0.05, 0) is 25.7 Å². The number of aromatic nitrogens is 1. The molecule has 1 aromatic rings. The fraction of sp³-hybridized carbons (Fsp3) is 0.667. The number of thiazole rings is 1. The van der Waals surface area contributed by atoms with Gasteiger partial charge in [0.2, 0.25) is 0 Å². The van der Waals surface area contributed by atoms with Gasteiger partial charge in [-0.15, -0.1) is 0 Å². The van der Waals surface area contributed by atoms with E-state index in [0.717, 1.165) is 6.42 Å². The second-order valence-electron chi connectivity index (χ2n) is 5.62. The van der Waals surface area contributed by atoms with Crippen molar-refractivity contribution in [1.29, 1.82) is 0 Å². The average molecular weight is 334 g/mol. The van der Waals surface area contributed by atoms with E-state index in [1.54, 1.807) is 0 Å². The van der Waals surface area contributed by atoms with Crippen molar-refractivity contribution < 1.29 is 18.3 Å². The lowest BCUT2D eigenvalue weighted by Crippen LogP contribution is -2.56. The molecule has 21 heavy (non-hydrogen) atoms. The van der Waals surface area contributed by atoms with E-state index in [4.69, 9.17) is 0 Å². The van der Waals surface area contributed by atoms with Gasteiger partial charge in [0.05, 0.1) is 0 Å². The SMILES string of the molecule is Cc1[nH]c(=O)sc1S(=O)(=O)NC1(C(=O)O)CCCC(C)C1. The first-order valence-corrected chi connectivity index (χ1v) is 8.93. The van der Waals surface area contributed by atoms with Crippen molar-refractivity contribution in [3.8, 4) is 0 Å². The molecule has 1 saturated carbocycles. The van der Waals surface area contributed by atoms with Crippen LogP contribution in [0.3, 0.4) is 0 Å². The summed E-state index contributed by atoms with van der Waals surface area (Å²) >= 11 is 0.567. The molecule has 2 rings (SSSR count). The maximum atomic E-state index is 12.4. The molecule has 0 saturated heterocycles. The van der Waals surface area contributed by atoms with Crippen LogP contribution in [0.15, 0.2) is 9.00 Å². The van der Waals surface area contributed by atoms with Crippen molar-refractivity contribution in [2.75, 3.05) is 0 Å². The van der Waals surface area contributed by atoms with Crippen LogP contribution < -0.4 is 9.60 Å². The lowest BCUT2D eigenvalue weighted by atomic mass is 9.77. The van der Waals surface area contributed by atoms with E-state index in [1.165, 1.54) is 6.92 Å². The van der Waals surface area contributed by atoms with Crippen molar-refractivity contribution >= 4 is 27.3 Å². The van der Waals surface area contributed by atoms with Gasteiger partial charge in [-0.3, -0.25) is 9.59 Å². The first kappa shape index (κ1) is 16.2. The Kier molecular flexibility index (Phi) is 4.27. The fourth-order valence-electron chi connectivity index (χ4n) is 2.83. The van der Waals surface area contributed by atoms with Crippen molar-refractivity contribution in [3.63, 3.8) is 0 Å². The molecule has 0 radical (unpaired) electrons. The number of hydrogen-bond donors (Lipinski definition) is 3. The normalized spacial score (nSPS) is 26.7. The molecule has 3 N–H and O–H groups in total. The minimum Gasteiger partial charge on any atom is -0.480 e. The Bertz CT molecular complexity index is 705. The summed E-state index contributed by atoms with van der Waals surface area (Å²) in [6.45, 7) is 3.38. The zero-order valence-corrected chi connectivity index (χ0v) is 13.4. The molecule has 118 valence electrons. The minimum absolute atomic E-state index is 0.128. The molecule has 0 amide bonds. The lowest BCUT2D eigenvalue weighted by molar-refractivity contribution is -0.146. The molecule has 2 atom stereocenters. The van der Waals surface area contributed by atoms with Gasteiger partial charge in [0.25, 0.3) is 10.0 Å². The summed E-state index contributed by atoms with van der Waals surface area (Å²) in [6, 6.07) is 0. The molecule has 0 aromatic carbocycles. The number of carboxylic acid groups (broad SMARTS) is 1. The predicted octanol–water partition coefficient (Wildman–Crippen LogP) is 1.06. The third-order valence-corrected chi connectivity index (χ3v) is 6.90. The number of aromatic amines is 1. The Hall–Kier alpha value is -1.19. The van der Waals surface area contributed by atoms with Crippen molar-refractivity contribution in [2.24, 2.45) is 5.92 Å². The summed E-state index contributed by atoms with van der Waals surface area (Å²) in [7, 11) is -4.04. The summed E-state index contributed by atoms with van der Waals surface area (Å²) in [5.41, 5.74) is -1.27. The number of aliphatic carboxylic acids is 1. The van der Waals surface area contributed by atoms with Gasteiger partial charge >= 0.3 is 10.8 Å². The highest BCUT2D eigenvalue weighted by Crippen LogP contribution is 2.34. The predicted molar refractivity (Wildman–Crippen MR) is 78.0 cm³/mol. The summed E-state index contributed by atoms with van der Waals surface area (Å²) in [5.74, 6) is -1.04. The lowest BCUT2D eigenvalue weighted by Gasteiger charge is -2.36. The maximum absolute atomic E-state index is 12.4. The van der Waals surface area contributed by atoms with Crippen LogP contribution in [0.25, 0.3) is 0 Å². The van der Waals surface area contributed by atoms with Crippen molar-refractivity contribution in [3.05, 3.63) is 15.4 Å². The van der Waals surface area contributed by atoms with Crippen LogP contribution >= 0.6 is 11.3 Å². The van der Waals surface area contributed by atoms with Gasteiger partial charge in [0.15, 0.2) is 4.21 Å². The van der Waals surface area contributed by atoms with Gasteiger partial charge in [-0.25, -0.2) is 8.42 Å². The molecular weight excluding hydrogens is 316 g/mol. The molecule has 1 aromatic heterocycles. The zero-order valence-electron chi connectivity index (χ0n) is 11.8. The van der Waals surface area contributed by atoms with Crippen LogP contribution in [0.5, 0.6) is 0 Å². The van der Waals surface area contributed by atoms with Crippen LogP contribution in [0.1, 0.15) is 38.3 Å². The van der Waals surface area contributed by atoms with Crippen LogP contribution in [-0.2, 0) is 14.8 Å². The molecule has 2 unspecified atom stereocenters. The number of carbonyl (C=O) groups is 1. The molecule has 0 bridgehead atoms. The Balaban J connectivity index is 2.39. The van der Waals surface area contributed by atoms with Gasteiger partial charge in [-0.1, -0.05) is 31.1 Å². The highest BCUT2D eigenvalue weighted by atomic mass is 32.2. The average Bonchev–Trinajstić information content (AvgIpc) is 2.68. The van der Waals surface area contributed by atoms with Gasteiger partial charge in [0, 0.05) is 5.69 Å². The first-order valence-electron chi connectivity index (χ1n) is 6.63. The van der Waals surface area contributed by atoms with E-state index < -0.39 is 26.4 Å². The van der Waals surface area contributed by atoms with E-state index in [0.29, 0.717) is 17.8 Å². The third kappa shape index (κ3) is 3.19. The summed E-state index contributed by atoms with van der Waals surface area (Å²) in [5, 5.41) is 9.50. The molecule has 0 aliphatic heterocycles. The van der Waals surface area contributed by atoms with Crippen LogP contribution in [-0.4, -0.2) is 30.0 Å². The van der Waals surface area contributed by atoms with E-state index in [-0.39, 0.29) is 28.7 Å². The molecule has 9 heteroatoms. The molecule has 1 aliphatic rings. The molecule has 1 fully saturated rings. The Labute approximate surface area is 126 Å². The van der Waals surface area contributed by atoms with Crippen LogP contribution in [0.4, 0.5) is 0 Å². The number of H-pyrrole nitrogens is 1. The summed E-state index contributed by atoms with van der Waals surface area (Å²) in [4.78, 5) is 24.8. The van der Waals surface area contributed by atoms with Gasteiger partial charge in [0.1, 0.15) is 5.54 Å². The molecule has 1 aliphatic carbocycles. The first-order chi connectivity index (χ1) is 9.66. The Morgan fingerprint density at radius 2 is 2.19 bits per heavy atom. The number of sulfonamides is 1. The molecule has 0 spiro atoms. The van der Waals surface area contributed by atoms with E-state index in [9.17, 15) is 23.1 Å². The second-order valence-corrected chi connectivity index (χ2v) is 8.48. The molecule has 7 nitrogen and oxygen atoms in total. The smallest absolute Gasteiger partial charge is 0.324 e. The number of hydrogen-bond acceptors (Lipinski definition) is 5.